The molecule has 3 nitrogen and oxygen atoms in total. The molecule has 0 aromatic heterocycles. The van der Waals surface area contributed by atoms with E-state index in [1.165, 1.54) is 44.6 Å². The van der Waals surface area contributed by atoms with Gasteiger partial charge in [0.1, 0.15) is 0 Å². The van der Waals surface area contributed by atoms with Crippen molar-refractivity contribution in [1.82, 2.24) is 9.80 Å². The highest BCUT2D eigenvalue weighted by atomic mass is 16.5. The fourth-order valence-corrected chi connectivity index (χ4v) is 5.18. The summed E-state index contributed by atoms with van der Waals surface area (Å²) in [5.74, 6) is 2.52. The van der Waals surface area contributed by atoms with Crippen LogP contribution < -0.4 is 0 Å². The van der Waals surface area contributed by atoms with Crippen LogP contribution in [-0.2, 0) is 4.74 Å². The van der Waals surface area contributed by atoms with Gasteiger partial charge in [0.25, 0.3) is 0 Å². The molecular formula is C20H30N2O. The van der Waals surface area contributed by atoms with Crippen molar-refractivity contribution in [1.29, 1.82) is 0 Å². The van der Waals surface area contributed by atoms with Crippen molar-refractivity contribution in [3.63, 3.8) is 0 Å². The van der Waals surface area contributed by atoms with E-state index in [1.807, 2.05) is 0 Å². The molecule has 3 heterocycles. The van der Waals surface area contributed by atoms with Gasteiger partial charge < -0.3 is 9.64 Å². The predicted molar refractivity (Wildman–Crippen MR) is 93.5 cm³/mol. The topological polar surface area (TPSA) is 15.7 Å². The predicted octanol–water partition coefficient (Wildman–Crippen LogP) is 2.96. The lowest BCUT2D eigenvalue weighted by atomic mass is 9.88. The number of likely N-dealkylation sites (tertiary alicyclic amines) is 2. The van der Waals surface area contributed by atoms with E-state index in [4.69, 9.17) is 4.74 Å². The fraction of sp³-hybridized carbons (Fsp3) is 0.700. The summed E-state index contributed by atoms with van der Waals surface area (Å²) in [7, 11) is 2.32. The number of hydrogen-bond acceptors (Lipinski definition) is 3. The third-order valence-electron chi connectivity index (χ3n) is 6.33. The molecule has 3 fully saturated rings. The van der Waals surface area contributed by atoms with Crippen LogP contribution in [0.5, 0.6) is 0 Å². The second-order valence-corrected chi connectivity index (χ2v) is 7.94. The highest BCUT2D eigenvalue weighted by molar-refractivity contribution is 5.31. The van der Waals surface area contributed by atoms with Crippen LogP contribution in [0, 0.1) is 24.7 Å². The minimum Gasteiger partial charge on any atom is -0.381 e. The number of nitrogens with zero attached hydrogens (tertiary/aromatic N) is 2. The molecular weight excluding hydrogens is 284 g/mol. The average Bonchev–Trinajstić information content (AvgIpc) is 3.05. The van der Waals surface area contributed by atoms with E-state index in [0.29, 0.717) is 6.04 Å². The molecule has 3 aliphatic heterocycles. The van der Waals surface area contributed by atoms with Gasteiger partial charge in [0.15, 0.2) is 0 Å². The van der Waals surface area contributed by atoms with Crippen LogP contribution in [0.15, 0.2) is 24.3 Å². The van der Waals surface area contributed by atoms with Crippen LogP contribution in [0.4, 0.5) is 0 Å². The zero-order valence-electron chi connectivity index (χ0n) is 14.6. The number of rotatable bonds is 3. The standard InChI is InChI=1S/C20H30N2O/c1-15-5-3-4-6-18(15)20-19-14-22(13-17(19)12-21(20)2)11-16-7-9-23-10-8-16/h3-6,16-17,19-20H,7-14H2,1-2H3/t17-,19+,20+/m0/s1. The average molecular weight is 314 g/mol. The Balaban J connectivity index is 1.46. The first-order valence-corrected chi connectivity index (χ1v) is 9.28. The first kappa shape index (κ1) is 15.6. The van der Waals surface area contributed by atoms with Crippen molar-refractivity contribution < 1.29 is 4.74 Å². The summed E-state index contributed by atoms with van der Waals surface area (Å²) in [5, 5.41) is 0. The van der Waals surface area contributed by atoms with E-state index >= 15 is 0 Å². The van der Waals surface area contributed by atoms with Crippen molar-refractivity contribution >= 4 is 0 Å². The summed E-state index contributed by atoms with van der Waals surface area (Å²) in [4.78, 5) is 5.35. The van der Waals surface area contributed by atoms with Gasteiger partial charge in [-0.25, -0.2) is 0 Å². The van der Waals surface area contributed by atoms with E-state index < -0.39 is 0 Å². The molecule has 0 radical (unpaired) electrons. The Morgan fingerprint density at radius 2 is 1.87 bits per heavy atom. The molecule has 3 heteroatoms. The van der Waals surface area contributed by atoms with E-state index in [0.717, 1.165) is 31.0 Å². The Morgan fingerprint density at radius 3 is 2.65 bits per heavy atom. The Labute approximate surface area is 140 Å². The molecule has 3 aliphatic rings. The summed E-state index contributed by atoms with van der Waals surface area (Å²) >= 11 is 0. The molecule has 0 unspecified atom stereocenters. The zero-order chi connectivity index (χ0) is 15.8. The summed E-state index contributed by atoms with van der Waals surface area (Å²) in [6.07, 6.45) is 2.51. The molecule has 3 atom stereocenters. The monoisotopic (exact) mass is 314 g/mol. The molecule has 0 saturated carbocycles. The van der Waals surface area contributed by atoms with Gasteiger partial charge in [0.2, 0.25) is 0 Å². The van der Waals surface area contributed by atoms with Crippen LogP contribution in [0.2, 0.25) is 0 Å². The normalized spacial score (nSPS) is 33.2. The highest BCUT2D eigenvalue weighted by Gasteiger charge is 2.46. The summed E-state index contributed by atoms with van der Waals surface area (Å²) < 4.78 is 5.52. The van der Waals surface area contributed by atoms with Crippen LogP contribution >= 0.6 is 0 Å². The number of aryl methyl sites for hydroxylation is 1. The second-order valence-electron chi connectivity index (χ2n) is 7.94. The van der Waals surface area contributed by atoms with Gasteiger partial charge in [-0.1, -0.05) is 24.3 Å². The lowest BCUT2D eigenvalue weighted by Gasteiger charge is -2.30. The van der Waals surface area contributed by atoms with Gasteiger partial charge >= 0.3 is 0 Å². The van der Waals surface area contributed by atoms with Crippen LogP contribution in [0.25, 0.3) is 0 Å². The molecule has 0 spiro atoms. The molecule has 126 valence electrons. The van der Waals surface area contributed by atoms with Gasteiger partial charge in [-0.3, -0.25) is 4.90 Å². The maximum absolute atomic E-state index is 5.52. The van der Waals surface area contributed by atoms with Crippen molar-refractivity contribution in [2.75, 3.05) is 46.4 Å². The van der Waals surface area contributed by atoms with E-state index in [2.05, 4.69) is 48.0 Å². The minimum atomic E-state index is 0.612. The lowest BCUT2D eigenvalue weighted by molar-refractivity contribution is 0.0537. The third-order valence-corrected chi connectivity index (χ3v) is 6.33. The van der Waals surface area contributed by atoms with Gasteiger partial charge in [0.05, 0.1) is 0 Å². The fourth-order valence-electron chi connectivity index (χ4n) is 5.18. The van der Waals surface area contributed by atoms with E-state index in [1.54, 1.807) is 5.56 Å². The van der Waals surface area contributed by atoms with Gasteiger partial charge in [0, 0.05) is 45.4 Å². The minimum absolute atomic E-state index is 0.612. The highest BCUT2D eigenvalue weighted by Crippen LogP contribution is 2.45. The quantitative estimate of drug-likeness (QED) is 0.853. The van der Waals surface area contributed by atoms with Crippen molar-refractivity contribution in [2.45, 2.75) is 25.8 Å². The van der Waals surface area contributed by atoms with Crippen LogP contribution in [0.1, 0.15) is 30.0 Å². The maximum atomic E-state index is 5.52. The van der Waals surface area contributed by atoms with E-state index in [-0.39, 0.29) is 0 Å². The second kappa shape index (κ2) is 6.54. The van der Waals surface area contributed by atoms with Gasteiger partial charge in [-0.05, 0) is 55.7 Å². The van der Waals surface area contributed by atoms with Gasteiger partial charge in [-0.15, -0.1) is 0 Å². The summed E-state index contributed by atoms with van der Waals surface area (Å²) in [5.41, 5.74) is 3.00. The number of fused-ring (bicyclic) bond motifs is 1. The first-order valence-electron chi connectivity index (χ1n) is 9.28. The van der Waals surface area contributed by atoms with Crippen LogP contribution in [0.3, 0.4) is 0 Å². The molecule has 4 rings (SSSR count). The Hall–Kier alpha value is -0.900. The molecule has 3 saturated heterocycles. The van der Waals surface area contributed by atoms with E-state index in [9.17, 15) is 0 Å². The Kier molecular flexibility index (Phi) is 4.44. The largest absolute Gasteiger partial charge is 0.381 e. The molecule has 1 aromatic rings. The Morgan fingerprint density at radius 1 is 1.09 bits per heavy atom. The van der Waals surface area contributed by atoms with Crippen LogP contribution in [-0.4, -0.2) is 56.2 Å². The molecule has 1 aromatic carbocycles. The molecule has 0 aliphatic carbocycles. The molecule has 0 N–H and O–H groups in total. The number of hydrogen-bond donors (Lipinski definition) is 0. The van der Waals surface area contributed by atoms with Crippen molar-refractivity contribution in [2.24, 2.45) is 17.8 Å². The zero-order valence-corrected chi connectivity index (χ0v) is 14.6. The third kappa shape index (κ3) is 3.07. The molecule has 0 bridgehead atoms. The SMILES string of the molecule is Cc1ccccc1[C@@H]1[C@@H]2CN(CC3CCOCC3)C[C@@H]2CN1C. The number of benzene rings is 1. The van der Waals surface area contributed by atoms with Crippen molar-refractivity contribution in [3.8, 4) is 0 Å². The van der Waals surface area contributed by atoms with Gasteiger partial charge in [-0.2, -0.15) is 0 Å². The summed E-state index contributed by atoms with van der Waals surface area (Å²) in [6, 6.07) is 9.60. The maximum Gasteiger partial charge on any atom is 0.0469 e. The molecule has 23 heavy (non-hydrogen) atoms. The first-order chi connectivity index (χ1) is 11.2. The summed E-state index contributed by atoms with van der Waals surface area (Å²) in [6.45, 7) is 9.35. The number of ether oxygens (including phenoxy) is 1. The van der Waals surface area contributed by atoms with Crippen molar-refractivity contribution in [3.05, 3.63) is 35.4 Å². The Bertz CT molecular complexity index is 540. The smallest absolute Gasteiger partial charge is 0.0469 e. The molecule has 0 amide bonds. The lowest BCUT2D eigenvalue weighted by Crippen LogP contribution is -2.34.